The molecule has 49 heavy (non-hydrogen) atoms. The lowest BCUT2D eigenvalue weighted by Crippen LogP contribution is -2.51. The number of urea groups is 1. The summed E-state index contributed by atoms with van der Waals surface area (Å²) in [5.74, 6) is -0.402. The van der Waals surface area contributed by atoms with E-state index < -0.39 is 29.2 Å². The summed E-state index contributed by atoms with van der Waals surface area (Å²) < 4.78 is 42.6. The summed E-state index contributed by atoms with van der Waals surface area (Å²) in [6.45, 7) is 6.54. The summed E-state index contributed by atoms with van der Waals surface area (Å²) in [6, 6.07) is 6.09. The number of hydrogen-bond donors (Lipinski definition) is 2. The number of likely N-dealkylation sites (N-methyl/N-ethyl adjacent to an activating group) is 1. The van der Waals surface area contributed by atoms with E-state index >= 15 is 0 Å². The van der Waals surface area contributed by atoms with Crippen molar-refractivity contribution in [2.75, 3.05) is 58.2 Å². The number of carbonyl (C=O) groups is 3. The highest BCUT2D eigenvalue weighted by atomic mass is 32.1. The normalized spacial score (nSPS) is 15.7. The fraction of sp³-hybridized carbons (Fsp3) is 0.394. The van der Waals surface area contributed by atoms with Crippen molar-refractivity contribution < 1.29 is 27.6 Å². The van der Waals surface area contributed by atoms with Gasteiger partial charge in [-0.05, 0) is 37.2 Å². The van der Waals surface area contributed by atoms with Crippen LogP contribution in [0.1, 0.15) is 42.4 Å². The first kappa shape index (κ1) is 34.0. The average molecular weight is 697 g/mol. The van der Waals surface area contributed by atoms with Crippen molar-refractivity contribution in [3.8, 4) is 21.7 Å². The van der Waals surface area contributed by atoms with E-state index in [0.717, 1.165) is 16.7 Å². The van der Waals surface area contributed by atoms with Crippen molar-refractivity contribution >= 4 is 45.9 Å². The van der Waals surface area contributed by atoms with Crippen LogP contribution < -0.4 is 16.1 Å². The minimum Gasteiger partial charge on any atom is -0.341 e. The summed E-state index contributed by atoms with van der Waals surface area (Å²) in [7, 11) is 1.98. The molecule has 0 saturated carbocycles. The number of fused-ring (bicyclic) bond motifs is 1. The summed E-state index contributed by atoms with van der Waals surface area (Å²) in [6.07, 6.45) is -0.917. The number of likely N-dealkylation sites (tertiary alicyclic amines) is 1. The number of piperazine rings is 1. The summed E-state index contributed by atoms with van der Waals surface area (Å²) in [4.78, 5) is 65.7. The van der Waals surface area contributed by atoms with Crippen molar-refractivity contribution in [2.45, 2.75) is 32.5 Å². The SMILES string of the molecule is CCCNC(=O)Nc1cc(-c2nc(C(F)(F)F)cs2)c(-c2ccc3c(c2)c(=O)c(C(=O)N2CCN(C(C)=O)CC2)cn3C2CN(C)C2)cn1. The zero-order chi connectivity index (χ0) is 35.0. The Kier molecular flexibility index (Phi) is 9.44. The molecular formula is C33H35F3N8O4S. The highest BCUT2D eigenvalue weighted by molar-refractivity contribution is 7.13. The van der Waals surface area contributed by atoms with Gasteiger partial charge in [-0.15, -0.1) is 11.3 Å². The van der Waals surface area contributed by atoms with Gasteiger partial charge in [0.25, 0.3) is 5.91 Å². The molecule has 2 aliphatic rings. The van der Waals surface area contributed by atoms with Gasteiger partial charge in [0, 0.05) is 87.0 Å². The molecule has 3 aromatic heterocycles. The third kappa shape index (κ3) is 7.01. The number of pyridine rings is 2. The van der Waals surface area contributed by atoms with Gasteiger partial charge in [0.1, 0.15) is 16.4 Å². The lowest BCUT2D eigenvalue weighted by molar-refractivity contribution is -0.140. The maximum atomic E-state index is 14.1. The molecule has 0 atom stereocenters. The Hall–Kier alpha value is -4.83. The number of benzene rings is 1. The number of amides is 4. The largest absolute Gasteiger partial charge is 0.434 e. The molecule has 2 N–H and O–H groups in total. The van der Waals surface area contributed by atoms with Gasteiger partial charge in [0.15, 0.2) is 5.69 Å². The second-order valence-corrected chi connectivity index (χ2v) is 13.1. The monoisotopic (exact) mass is 696 g/mol. The number of aromatic nitrogens is 3. The minimum absolute atomic E-state index is 0.00112. The molecule has 0 bridgehead atoms. The average Bonchev–Trinajstić information content (AvgIpc) is 3.57. The molecule has 12 nitrogen and oxygen atoms in total. The second-order valence-electron chi connectivity index (χ2n) is 12.2. The van der Waals surface area contributed by atoms with E-state index in [0.29, 0.717) is 68.9 Å². The highest BCUT2D eigenvalue weighted by Gasteiger charge is 2.34. The molecule has 0 unspecified atom stereocenters. The van der Waals surface area contributed by atoms with Crippen LogP contribution in [0.2, 0.25) is 0 Å². The number of thiazole rings is 1. The van der Waals surface area contributed by atoms with Crippen molar-refractivity contribution in [2.24, 2.45) is 0 Å². The van der Waals surface area contributed by atoms with Crippen LogP contribution in [0.3, 0.4) is 0 Å². The Morgan fingerprint density at radius 1 is 1.04 bits per heavy atom. The number of hydrogen-bond acceptors (Lipinski definition) is 8. The number of halogens is 3. The van der Waals surface area contributed by atoms with Crippen LogP contribution in [0, 0.1) is 0 Å². The first-order valence-electron chi connectivity index (χ1n) is 15.8. The molecule has 16 heteroatoms. The summed E-state index contributed by atoms with van der Waals surface area (Å²) in [5.41, 5.74) is 0.209. The van der Waals surface area contributed by atoms with Crippen molar-refractivity contribution in [1.29, 1.82) is 0 Å². The number of nitrogens with one attached hydrogen (secondary N) is 2. The number of nitrogens with zero attached hydrogens (tertiary/aromatic N) is 6. The molecule has 0 spiro atoms. The summed E-state index contributed by atoms with van der Waals surface area (Å²) in [5, 5.41) is 6.51. The molecule has 0 aliphatic carbocycles. The van der Waals surface area contributed by atoms with Gasteiger partial charge in [0.2, 0.25) is 11.3 Å². The minimum atomic E-state index is -4.66. The van der Waals surface area contributed by atoms with Crippen molar-refractivity contribution in [3.63, 3.8) is 0 Å². The van der Waals surface area contributed by atoms with E-state index in [1.807, 2.05) is 18.5 Å². The lowest BCUT2D eigenvalue weighted by Gasteiger charge is -2.39. The smallest absolute Gasteiger partial charge is 0.341 e. The topological polar surface area (TPSA) is 133 Å². The van der Waals surface area contributed by atoms with E-state index in [4.69, 9.17) is 0 Å². The van der Waals surface area contributed by atoms with Crippen LogP contribution in [0.25, 0.3) is 32.6 Å². The Balaban J connectivity index is 1.45. The van der Waals surface area contributed by atoms with E-state index in [1.165, 1.54) is 19.2 Å². The second kappa shape index (κ2) is 13.6. The van der Waals surface area contributed by atoms with Gasteiger partial charge >= 0.3 is 12.2 Å². The van der Waals surface area contributed by atoms with Crippen LogP contribution in [0.5, 0.6) is 0 Å². The number of rotatable bonds is 7. The van der Waals surface area contributed by atoms with Crippen LogP contribution in [-0.4, -0.2) is 99.9 Å². The van der Waals surface area contributed by atoms with Crippen molar-refractivity contribution in [1.82, 2.24) is 34.6 Å². The predicted molar refractivity (Wildman–Crippen MR) is 180 cm³/mol. The Morgan fingerprint density at radius 3 is 2.39 bits per heavy atom. The fourth-order valence-corrected chi connectivity index (χ4v) is 6.93. The van der Waals surface area contributed by atoms with Gasteiger partial charge < -0.3 is 24.6 Å². The third-order valence-corrected chi connectivity index (χ3v) is 9.61. The zero-order valence-corrected chi connectivity index (χ0v) is 28.0. The molecular weight excluding hydrogens is 661 g/mol. The highest BCUT2D eigenvalue weighted by Crippen LogP contribution is 2.39. The number of anilines is 1. The fourth-order valence-electron chi connectivity index (χ4n) is 6.07. The van der Waals surface area contributed by atoms with Gasteiger partial charge in [-0.2, -0.15) is 13.2 Å². The number of alkyl halides is 3. The molecule has 1 aromatic carbocycles. The lowest BCUT2D eigenvalue weighted by atomic mass is 9.98. The van der Waals surface area contributed by atoms with E-state index in [-0.39, 0.29) is 39.3 Å². The molecule has 2 saturated heterocycles. The predicted octanol–water partition coefficient (Wildman–Crippen LogP) is 4.53. The van der Waals surface area contributed by atoms with Crippen LogP contribution >= 0.6 is 11.3 Å². The van der Waals surface area contributed by atoms with E-state index in [9.17, 15) is 32.3 Å². The Bertz CT molecular complexity index is 1980. The maximum Gasteiger partial charge on any atom is 0.434 e. The van der Waals surface area contributed by atoms with Crippen LogP contribution in [0.15, 0.2) is 46.8 Å². The maximum absolute atomic E-state index is 14.1. The zero-order valence-electron chi connectivity index (χ0n) is 27.1. The van der Waals surface area contributed by atoms with E-state index in [2.05, 4.69) is 25.5 Å². The van der Waals surface area contributed by atoms with Gasteiger partial charge in [-0.3, -0.25) is 19.7 Å². The summed E-state index contributed by atoms with van der Waals surface area (Å²) >= 11 is 0.795. The van der Waals surface area contributed by atoms with Crippen LogP contribution in [0.4, 0.5) is 23.8 Å². The third-order valence-electron chi connectivity index (χ3n) is 8.73. The molecule has 6 rings (SSSR count). The molecule has 4 aromatic rings. The van der Waals surface area contributed by atoms with Gasteiger partial charge in [-0.1, -0.05) is 13.0 Å². The van der Waals surface area contributed by atoms with E-state index in [1.54, 1.807) is 34.2 Å². The first-order chi connectivity index (χ1) is 23.3. The molecule has 5 heterocycles. The van der Waals surface area contributed by atoms with Crippen molar-refractivity contribution in [3.05, 3.63) is 63.5 Å². The molecule has 4 amide bonds. The molecule has 0 radical (unpaired) electrons. The molecule has 258 valence electrons. The van der Waals surface area contributed by atoms with Gasteiger partial charge in [-0.25, -0.2) is 14.8 Å². The van der Waals surface area contributed by atoms with Gasteiger partial charge in [0.05, 0.1) is 11.6 Å². The van der Waals surface area contributed by atoms with Crippen LogP contribution in [-0.2, 0) is 11.0 Å². The Morgan fingerprint density at radius 2 is 1.76 bits per heavy atom. The molecule has 2 fully saturated rings. The quantitative estimate of drug-likeness (QED) is 0.290. The molecule has 2 aliphatic heterocycles. The standard InChI is InChI=1S/C33H35F3N8O4S/c1-4-7-37-32(48)40-28-13-22(30-39-27(18-49-30)33(34,35)36)24(14-38-28)20-5-6-26-23(12-20)29(46)25(17-44(26)21-15-41(3)16-21)31(47)43-10-8-42(9-11-43)19(2)45/h5-6,12-14,17-18,21H,4,7-11,15-16H2,1-3H3,(H2,37,38,40,48). The first-order valence-corrected chi connectivity index (χ1v) is 16.7. The Labute approximate surface area is 283 Å². The number of carbonyl (C=O) groups excluding carboxylic acids is 3.